The molecule has 0 aliphatic carbocycles. The molecule has 3 nitrogen and oxygen atoms in total. The molecule has 0 saturated carbocycles. The third-order valence-electron chi connectivity index (χ3n) is 1.87. The molecule has 1 aliphatic heterocycles. The molecule has 0 saturated heterocycles. The van der Waals surface area contributed by atoms with E-state index in [1.54, 1.807) is 0 Å². The normalized spacial score (nSPS) is 23.5. The summed E-state index contributed by atoms with van der Waals surface area (Å²) in [5, 5.41) is 4.10. The highest BCUT2D eigenvalue weighted by atomic mass is 15.6. The summed E-state index contributed by atoms with van der Waals surface area (Å²) in [5.41, 5.74) is 4.49. The molecule has 0 fully saturated rings. The quantitative estimate of drug-likeness (QED) is 0.568. The molecule has 1 N–H and O–H groups in total. The number of nitrogens with zero attached hydrogens (tertiary/aromatic N) is 2. The van der Waals surface area contributed by atoms with Gasteiger partial charge in [0.05, 0.1) is 11.9 Å². The van der Waals surface area contributed by atoms with Crippen LogP contribution in [0.2, 0.25) is 0 Å². The van der Waals surface area contributed by atoms with Crippen LogP contribution < -0.4 is 5.43 Å². The van der Waals surface area contributed by atoms with Crippen molar-refractivity contribution in [3.63, 3.8) is 0 Å². The lowest BCUT2D eigenvalue weighted by molar-refractivity contribution is 0.492. The van der Waals surface area contributed by atoms with Gasteiger partial charge in [0.15, 0.2) is 0 Å². The van der Waals surface area contributed by atoms with Crippen LogP contribution in [0.15, 0.2) is 12.3 Å². The first kappa shape index (κ1) is 5.77. The average Bonchev–Trinajstić information content (AvgIpc) is 2.33. The van der Waals surface area contributed by atoms with Crippen molar-refractivity contribution in [2.24, 2.45) is 5.92 Å². The highest BCUT2D eigenvalue weighted by Crippen LogP contribution is 2.10. The summed E-state index contributed by atoms with van der Waals surface area (Å²) in [6.07, 6.45) is 2.98. The van der Waals surface area contributed by atoms with E-state index in [9.17, 15) is 0 Å². The molecule has 2 heterocycles. The van der Waals surface area contributed by atoms with Crippen molar-refractivity contribution in [3.05, 3.63) is 18.0 Å². The molecule has 1 aromatic heterocycles. The molecule has 1 atom stereocenters. The minimum absolute atomic E-state index is 0.740. The summed E-state index contributed by atoms with van der Waals surface area (Å²) in [5.74, 6) is 0.740. The van der Waals surface area contributed by atoms with Gasteiger partial charge in [-0.15, -0.1) is 0 Å². The Hall–Kier alpha value is -0.990. The monoisotopic (exact) mass is 137 g/mol. The van der Waals surface area contributed by atoms with Crippen LogP contribution in [0.3, 0.4) is 0 Å². The third-order valence-corrected chi connectivity index (χ3v) is 1.87. The lowest BCUT2D eigenvalue weighted by atomic mass is 10.1. The van der Waals surface area contributed by atoms with E-state index in [4.69, 9.17) is 0 Å². The number of fused-ring (bicyclic) bond motifs is 1. The number of hydrogen-bond donors (Lipinski definition) is 1. The second-order valence-electron chi connectivity index (χ2n) is 2.91. The van der Waals surface area contributed by atoms with Gasteiger partial charge in [-0.2, -0.15) is 9.89 Å². The van der Waals surface area contributed by atoms with Crippen molar-refractivity contribution in [1.29, 1.82) is 0 Å². The second kappa shape index (κ2) is 2.01. The zero-order valence-corrected chi connectivity index (χ0v) is 6.04. The number of aromatic nitrogens is 2. The van der Waals surface area contributed by atoms with Crippen molar-refractivity contribution in [2.75, 3.05) is 12.0 Å². The van der Waals surface area contributed by atoms with Gasteiger partial charge in [0.2, 0.25) is 0 Å². The molecule has 0 radical (unpaired) electrons. The smallest absolute Gasteiger partial charge is 0.0623 e. The predicted molar refractivity (Wildman–Crippen MR) is 39.3 cm³/mol. The van der Waals surface area contributed by atoms with E-state index in [1.807, 2.05) is 11.0 Å². The standard InChI is InChI=1S/C7H11N3/c1-6-4-7-2-3-8-10(7)9-5-6/h2-3,6,9H,4-5H2,1H3. The third kappa shape index (κ3) is 0.781. The fourth-order valence-corrected chi connectivity index (χ4v) is 1.30. The van der Waals surface area contributed by atoms with Crippen LogP contribution in [-0.2, 0) is 6.42 Å². The molecule has 2 rings (SSSR count). The van der Waals surface area contributed by atoms with E-state index in [2.05, 4.69) is 23.5 Å². The molecule has 1 aromatic rings. The Balaban J connectivity index is 2.30. The van der Waals surface area contributed by atoms with Crippen LogP contribution in [0.25, 0.3) is 0 Å². The lowest BCUT2D eigenvalue weighted by Gasteiger charge is -2.20. The molecule has 0 amide bonds. The summed E-state index contributed by atoms with van der Waals surface area (Å²) in [6.45, 7) is 3.28. The Morgan fingerprint density at radius 1 is 1.80 bits per heavy atom. The molecule has 1 aliphatic rings. The Bertz CT molecular complexity index is 229. The van der Waals surface area contributed by atoms with Crippen LogP contribution in [0.1, 0.15) is 12.6 Å². The highest BCUT2D eigenvalue weighted by molar-refractivity contribution is 5.06. The van der Waals surface area contributed by atoms with Gasteiger partial charge in [-0.25, -0.2) is 0 Å². The van der Waals surface area contributed by atoms with E-state index in [0.29, 0.717) is 0 Å². The molecule has 0 spiro atoms. The molecule has 0 aromatic carbocycles. The molecule has 3 heteroatoms. The van der Waals surface area contributed by atoms with Crippen LogP contribution in [0, 0.1) is 5.92 Å². The molecular formula is C7H11N3. The number of nitrogens with one attached hydrogen (secondary N) is 1. The second-order valence-corrected chi connectivity index (χ2v) is 2.91. The van der Waals surface area contributed by atoms with E-state index in [0.717, 1.165) is 18.9 Å². The maximum absolute atomic E-state index is 4.10. The summed E-state index contributed by atoms with van der Waals surface area (Å²) in [6, 6.07) is 2.06. The number of hydrogen-bond acceptors (Lipinski definition) is 2. The zero-order chi connectivity index (χ0) is 6.97. The van der Waals surface area contributed by atoms with E-state index < -0.39 is 0 Å². The van der Waals surface area contributed by atoms with Gasteiger partial charge in [-0.1, -0.05) is 6.92 Å². The number of rotatable bonds is 0. The molecule has 54 valence electrons. The molecule has 10 heavy (non-hydrogen) atoms. The fourth-order valence-electron chi connectivity index (χ4n) is 1.30. The first-order valence-electron chi connectivity index (χ1n) is 3.63. The van der Waals surface area contributed by atoms with Gasteiger partial charge in [0.25, 0.3) is 0 Å². The van der Waals surface area contributed by atoms with Crippen LogP contribution in [0.5, 0.6) is 0 Å². The maximum Gasteiger partial charge on any atom is 0.0623 e. The van der Waals surface area contributed by atoms with Gasteiger partial charge < -0.3 is 5.43 Å². The lowest BCUT2D eigenvalue weighted by Crippen LogP contribution is -2.30. The summed E-state index contributed by atoms with van der Waals surface area (Å²) >= 11 is 0. The van der Waals surface area contributed by atoms with Gasteiger partial charge in [0.1, 0.15) is 0 Å². The Morgan fingerprint density at radius 2 is 2.70 bits per heavy atom. The van der Waals surface area contributed by atoms with Crippen LogP contribution in [-0.4, -0.2) is 16.4 Å². The maximum atomic E-state index is 4.10. The van der Waals surface area contributed by atoms with Crippen molar-refractivity contribution in [3.8, 4) is 0 Å². The first-order valence-corrected chi connectivity index (χ1v) is 3.63. The highest BCUT2D eigenvalue weighted by Gasteiger charge is 2.13. The molecular weight excluding hydrogens is 126 g/mol. The van der Waals surface area contributed by atoms with Crippen molar-refractivity contribution < 1.29 is 0 Å². The van der Waals surface area contributed by atoms with Crippen molar-refractivity contribution in [2.45, 2.75) is 13.3 Å². The molecule has 0 bridgehead atoms. The largest absolute Gasteiger partial charge is 0.309 e. The Labute approximate surface area is 60.0 Å². The molecule has 1 unspecified atom stereocenters. The summed E-state index contributed by atoms with van der Waals surface area (Å²) in [7, 11) is 0. The van der Waals surface area contributed by atoms with Gasteiger partial charge in [-0.3, -0.25) is 0 Å². The Kier molecular flexibility index (Phi) is 1.16. The minimum atomic E-state index is 0.740. The fraction of sp³-hybridized carbons (Fsp3) is 0.571. The first-order chi connectivity index (χ1) is 4.86. The summed E-state index contributed by atoms with van der Waals surface area (Å²) < 4.78 is 0. The zero-order valence-electron chi connectivity index (χ0n) is 6.04. The Morgan fingerprint density at radius 3 is 3.60 bits per heavy atom. The SMILES string of the molecule is CC1CNn2nccc2C1. The van der Waals surface area contributed by atoms with E-state index in [-0.39, 0.29) is 0 Å². The van der Waals surface area contributed by atoms with Gasteiger partial charge in [0, 0.05) is 6.54 Å². The van der Waals surface area contributed by atoms with Crippen LogP contribution in [0.4, 0.5) is 0 Å². The van der Waals surface area contributed by atoms with Crippen LogP contribution >= 0.6 is 0 Å². The van der Waals surface area contributed by atoms with Crippen molar-refractivity contribution >= 4 is 0 Å². The average molecular weight is 137 g/mol. The van der Waals surface area contributed by atoms with E-state index >= 15 is 0 Å². The summed E-state index contributed by atoms with van der Waals surface area (Å²) in [4.78, 5) is 1.86. The van der Waals surface area contributed by atoms with E-state index in [1.165, 1.54) is 5.69 Å². The topological polar surface area (TPSA) is 29.9 Å². The minimum Gasteiger partial charge on any atom is -0.309 e. The predicted octanol–water partition coefficient (Wildman–Crippen LogP) is 0.619. The van der Waals surface area contributed by atoms with Gasteiger partial charge in [-0.05, 0) is 18.4 Å². The van der Waals surface area contributed by atoms with Gasteiger partial charge >= 0.3 is 0 Å². The van der Waals surface area contributed by atoms with Crippen molar-refractivity contribution in [1.82, 2.24) is 9.89 Å².